The Hall–Kier alpha value is -1.19. The fourth-order valence-electron chi connectivity index (χ4n) is 11.6. The van der Waals surface area contributed by atoms with Gasteiger partial charge in [0.05, 0.1) is 30.5 Å². The van der Waals surface area contributed by atoms with Crippen molar-refractivity contribution in [2.45, 2.75) is 152 Å². The van der Waals surface area contributed by atoms with E-state index >= 15 is 0 Å². The number of aliphatic hydroxyl groups is 5. The first-order chi connectivity index (χ1) is 22.8. The lowest BCUT2D eigenvalue weighted by molar-refractivity contribution is -0.345. The van der Waals surface area contributed by atoms with Crippen molar-refractivity contribution in [3.8, 4) is 0 Å². The Labute approximate surface area is 283 Å². The number of ether oxygens (including phenoxy) is 6. The SMILES string of the molecule is CO[C@@H]1C[C@H](O[C@H]2CC[C@@]3(C)[C@@H](CC[C@@H]4[C@@H]3CC[C@]3(C)[C@H](C5=CC(=O)OC5)CC[C@]43O)C2)O[C@H](C)[C@H]1O[C@H]1O[C@@H](CO)[C@H](O)[C@@H](O)[C@@H]1O. The van der Waals surface area contributed by atoms with Gasteiger partial charge in [-0.25, -0.2) is 4.79 Å². The van der Waals surface area contributed by atoms with Gasteiger partial charge in [0, 0.05) is 25.0 Å². The van der Waals surface area contributed by atoms with Gasteiger partial charge in [0.15, 0.2) is 12.6 Å². The van der Waals surface area contributed by atoms with Crippen LogP contribution in [0.5, 0.6) is 0 Å². The molecule has 17 atom stereocenters. The Morgan fingerprint density at radius 3 is 2.42 bits per heavy atom. The molecule has 3 aliphatic heterocycles. The minimum atomic E-state index is -1.53. The van der Waals surface area contributed by atoms with Crippen molar-refractivity contribution >= 4 is 5.97 Å². The Morgan fingerprint density at radius 1 is 0.917 bits per heavy atom. The second kappa shape index (κ2) is 13.1. The number of fused-ring (bicyclic) bond motifs is 5. The van der Waals surface area contributed by atoms with Crippen molar-refractivity contribution in [3.63, 3.8) is 0 Å². The van der Waals surface area contributed by atoms with E-state index < -0.39 is 67.5 Å². The molecule has 0 amide bonds. The summed E-state index contributed by atoms with van der Waals surface area (Å²) in [5, 5.41) is 52.9. The highest BCUT2D eigenvalue weighted by atomic mass is 16.7. The predicted molar refractivity (Wildman–Crippen MR) is 169 cm³/mol. The van der Waals surface area contributed by atoms with Crippen LogP contribution >= 0.6 is 0 Å². The van der Waals surface area contributed by atoms with Crippen molar-refractivity contribution in [1.82, 2.24) is 0 Å². The molecule has 0 aromatic rings. The van der Waals surface area contributed by atoms with Gasteiger partial charge < -0.3 is 54.0 Å². The molecule has 12 nitrogen and oxygen atoms in total. The van der Waals surface area contributed by atoms with Crippen LogP contribution in [0.3, 0.4) is 0 Å². The van der Waals surface area contributed by atoms with Crippen LogP contribution in [0.1, 0.15) is 85.0 Å². The Balaban J connectivity index is 0.971. The summed E-state index contributed by atoms with van der Waals surface area (Å²) in [5.41, 5.74) is 0.221. The molecule has 0 aromatic heterocycles. The van der Waals surface area contributed by atoms with Crippen molar-refractivity contribution in [2.75, 3.05) is 20.3 Å². The van der Waals surface area contributed by atoms with Gasteiger partial charge in [-0.1, -0.05) is 13.8 Å². The lowest BCUT2D eigenvalue weighted by Gasteiger charge is -2.64. The standard InChI is InChI=1S/C36H56O12/c1-18-32(48-33-31(41)30(40)29(39)26(16-37)47-33)25(43-4)15-28(45-18)46-21-7-10-34(2)20(14-21)5-6-24-23(34)8-11-35(3)22(9-12-36(24,35)42)19-13-27(38)44-17-19/h13,18,20-26,28-33,37,39-42H,5-12,14-17H2,1-4H3/t18-,20+,21+,22+,23+,24-,25-,26+,28+,29+,30-,31+,32-,33-,34+,35-,36+/m1/s1. The number of carbonyl (C=O) groups excluding carboxylic acids is 1. The van der Waals surface area contributed by atoms with E-state index in [0.29, 0.717) is 24.9 Å². The Bertz CT molecular complexity index is 1230. The predicted octanol–water partition coefficient (Wildman–Crippen LogP) is 1.96. The molecular weight excluding hydrogens is 624 g/mol. The quantitative estimate of drug-likeness (QED) is 0.196. The molecule has 4 saturated carbocycles. The molecule has 6 fully saturated rings. The van der Waals surface area contributed by atoms with E-state index in [2.05, 4.69) is 13.8 Å². The number of methoxy groups -OCH3 is 1. The first-order valence-electron chi connectivity index (χ1n) is 18.2. The van der Waals surface area contributed by atoms with Gasteiger partial charge in [0.1, 0.15) is 37.1 Å². The summed E-state index contributed by atoms with van der Waals surface area (Å²) in [6, 6.07) is 0. The monoisotopic (exact) mass is 680 g/mol. The number of carbonyl (C=O) groups is 1. The normalized spacial score (nSPS) is 53.8. The van der Waals surface area contributed by atoms with Crippen molar-refractivity contribution in [2.24, 2.45) is 34.5 Å². The van der Waals surface area contributed by atoms with Gasteiger partial charge in [-0.05, 0) is 99.4 Å². The maximum Gasteiger partial charge on any atom is 0.331 e. The number of cyclic esters (lactones) is 1. The number of hydrogen-bond donors (Lipinski definition) is 5. The summed E-state index contributed by atoms with van der Waals surface area (Å²) in [7, 11) is 1.58. The van der Waals surface area contributed by atoms with Crippen LogP contribution in [0, 0.1) is 34.5 Å². The van der Waals surface area contributed by atoms with Crippen LogP contribution in [-0.4, -0.2) is 119 Å². The molecule has 0 radical (unpaired) electrons. The third-order valence-electron chi connectivity index (χ3n) is 14.3. The first kappa shape index (κ1) is 35.2. The van der Waals surface area contributed by atoms with Crippen molar-refractivity contribution in [3.05, 3.63) is 11.6 Å². The molecule has 2 saturated heterocycles. The average Bonchev–Trinajstić information content (AvgIpc) is 3.61. The zero-order chi connectivity index (χ0) is 34.2. The molecule has 0 aromatic carbocycles. The molecule has 3 heterocycles. The summed E-state index contributed by atoms with van der Waals surface area (Å²) >= 11 is 0. The molecule has 272 valence electrons. The number of rotatable bonds is 7. The maximum atomic E-state index is 12.5. The van der Waals surface area contributed by atoms with E-state index in [1.165, 1.54) is 0 Å². The Kier molecular flexibility index (Phi) is 9.61. The molecule has 12 heteroatoms. The zero-order valence-electron chi connectivity index (χ0n) is 28.7. The minimum absolute atomic E-state index is 0.0388. The molecule has 7 aliphatic rings. The summed E-state index contributed by atoms with van der Waals surface area (Å²) in [6.07, 6.45) is 1.91. The fraction of sp³-hybridized carbons (Fsp3) is 0.917. The van der Waals surface area contributed by atoms with E-state index in [1.807, 2.05) is 6.92 Å². The summed E-state index contributed by atoms with van der Waals surface area (Å²) in [5.74, 6) is 1.14. The van der Waals surface area contributed by atoms with Crippen molar-refractivity contribution < 1.29 is 58.7 Å². The van der Waals surface area contributed by atoms with Gasteiger partial charge >= 0.3 is 5.97 Å². The van der Waals surface area contributed by atoms with E-state index in [-0.39, 0.29) is 34.7 Å². The van der Waals surface area contributed by atoms with Crippen LogP contribution in [-0.2, 0) is 33.2 Å². The number of hydrogen-bond acceptors (Lipinski definition) is 12. The summed E-state index contributed by atoms with van der Waals surface area (Å²) < 4.78 is 35.6. The Morgan fingerprint density at radius 2 is 1.71 bits per heavy atom. The van der Waals surface area contributed by atoms with Crippen LogP contribution in [0.2, 0.25) is 0 Å². The molecule has 48 heavy (non-hydrogen) atoms. The van der Waals surface area contributed by atoms with Crippen LogP contribution in [0.25, 0.3) is 0 Å². The van der Waals surface area contributed by atoms with Gasteiger partial charge in [-0.2, -0.15) is 0 Å². The third kappa shape index (κ3) is 5.61. The highest BCUT2D eigenvalue weighted by molar-refractivity contribution is 5.85. The molecule has 4 aliphatic carbocycles. The fourth-order valence-corrected chi connectivity index (χ4v) is 11.6. The second-order valence-electron chi connectivity index (χ2n) is 16.4. The van der Waals surface area contributed by atoms with Crippen LogP contribution in [0.4, 0.5) is 0 Å². The zero-order valence-corrected chi connectivity index (χ0v) is 28.7. The van der Waals surface area contributed by atoms with Gasteiger partial charge in [0.2, 0.25) is 0 Å². The maximum absolute atomic E-state index is 12.5. The van der Waals surface area contributed by atoms with Crippen LogP contribution in [0.15, 0.2) is 11.6 Å². The lowest BCUT2D eigenvalue weighted by Crippen LogP contribution is -2.62. The van der Waals surface area contributed by atoms with Gasteiger partial charge in [-0.3, -0.25) is 0 Å². The molecular formula is C36H56O12. The second-order valence-corrected chi connectivity index (χ2v) is 16.4. The van der Waals surface area contributed by atoms with E-state index in [0.717, 1.165) is 63.4 Å². The number of esters is 1. The largest absolute Gasteiger partial charge is 0.458 e. The molecule has 0 bridgehead atoms. The van der Waals surface area contributed by atoms with E-state index in [4.69, 9.17) is 28.4 Å². The first-order valence-corrected chi connectivity index (χ1v) is 18.2. The summed E-state index contributed by atoms with van der Waals surface area (Å²) in [4.78, 5) is 11.9. The highest BCUT2D eigenvalue weighted by Gasteiger charge is 2.67. The highest BCUT2D eigenvalue weighted by Crippen LogP contribution is 2.70. The van der Waals surface area contributed by atoms with Crippen LogP contribution < -0.4 is 0 Å². The van der Waals surface area contributed by atoms with E-state index in [1.54, 1.807) is 13.2 Å². The van der Waals surface area contributed by atoms with Gasteiger partial charge in [-0.15, -0.1) is 0 Å². The smallest absolute Gasteiger partial charge is 0.331 e. The topological polar surface area (TPSA) is 174 Å². The molecule has 7 rings (SSSR count). The van der Waals surface area contributed by atoms with Gasteiger partial charge in [0.25, 0.3) is 0 Å². The van der Waals surface area contributed by atoms with Crippen molar-refractivity contribution in [1.29, 1.82) is 0 Å². The average molecular weight is 681 g/mol. The van der Waals surface area contributed by atoms with E-state index in [9.17, 15) is 30.3 Å². The lowest BCUT2D eigenvalue weighted by atomic mass is 9.43. The third-order valence-corrected chi connectivity index (χ3v) is 14.3. The number of aliphatic hydroxyl groups excluding tert-OH is 4. The molecule has 5 N–H and O–H groups in total. The molecule has 0 unspecified atom stereocenters. The molecule has 0 spiro atoms. The summed E-state index contributed by atoms with van der Waals surface area (Å²) in [6.45, 7) is 6.40. The minimum Gasteiger partial charge on any atom is -0.458 e.